The van der Waals surface area contributed by atoms with Crippen LogP contribution in [0.25, 0.3) is 0 Å². The molecule has 3 aromatic rings. The fraction of sp³-hybridized carbons (Fsp3) is 0.429. The zero-order valence-corrected chi connectivity index (χ0v) is 16.3. The Balaban J connectivity index is 1.37. The Morgan fingerprint density at radius 3 is 2.71 bits per heavy atom. The van der Waals surface area contributed by atoms with Gasteiger partial charge in [-0.3, -0.25) is 4.79 Å². The largest absolute Gasteiger partial charge is 0.360 e. The Hall–Kier alpha value is -2.96. The maximum Gasteiger partial charge on any atom is 0.276 e. The van der Waals surface area contributed by atoms with Gasteiger partial charge in [-0.05, 0) is 12.0 Å². The lowest BCUT2D eigenvalue weighted by atomic mass is 10.1. The number of hydrogen-bond donors (Lipinski definition) is 0. The Morgan fingerprint density at radius 2 is 1.96 bits per heavy atom. The van der Waals surface area contributed by atoms with Gasteiger partial charge in [-0.2, -0.15) is 5.10 Å². The van der Waals surface area contributed by atoms with Crippen LogP contribution in [0.15, 0.2) is 40.9 Å². The molecule has 1 aliphatic heterocycles. The second-order valence-electron chi connectivity index (χ2n) is 7.46. The first-order chi connectivity index (χ1) is 13.6. The van der Waals surface area contributed by atoms with Crippen LogP contribution in [-0.4, -0.2) is 43.8 Å². The first-order valence-corrected chi connectivity index (χ1v) is 9.82. The molecule has 3 heterocycles. The highest BCUT2D eigenvalue weighted by Gasteiger charge is 2.24. The third-order valence-corrected chi connectivity index (χ3v) is 5.06. The molecule has 146 valence electrons. The molecule has 0 saturated heterocycles. The van der Waals surface area contributed by atoms with Crippen molar-refractivity contribution in [1.29, 1.82) is 0 Å². The predicted octanol–water partition coefficient (Wildman–Crippen LogP) is 2.87. The molecule has 0 radical (unpaired) electrons. The molecule has 1 amide bonds. The minimum absolute atomic E-state index is 0.0919. The van der Waals surface area contributed by atoms with Crippen LogP contribution in [0.4, 0.5) is 0 Å². The van der Waals surface area contributed by atoms with Crippen molar-refractivity contribution in [2.45, 2.75) is 45.6 Å². The molecule has 28 heavy (non-hydrogen) atoms. The number of nitrogens with zero attached hydrogens (tertiary/aromatic N) is 5. The van der Waals surface area contributed by atoms with Crippen LogP contribution in [0, 0.1) is 0 Å². The highest BCUT2D eigenvalue weighted by molar-refractivity contribution is 5.92. The molecule has 0 atom stereocenters. The van der Waals surface area contributed by atoms with Gasteiger partial charge in [0.1, 0.15) is 11.6 Å². The standard InChI is InChI=1S/C21H25N5O2/c1-15(2)18-14-17(24-28-18)21(27)25-11-10-20-22-19(23-26(20)13-12-25)9-8-16-6-4-3-5-7-16/h3-7,14-15H,8-13H2,1-2H3. The summed E-state index contributed by atoms with van der Waals surface area (Å²) in [5.74, 6) is 2.67. The number of rotatable bonds is 5. The quantitative estimate of drug-likeness (QED) is 0.681. The number of aromatic nitrogens is 4. The van der Waals surface area contributed by atoms with E-state index in [-0.39, 0.29) is 11.8 Å². The summed E-state index contributed by atoms with van der Waals surface area (Å²) in [7, 11) is 0. The SMILES string of the molecule is CC(C)c1cc(C(=O)N2CCc3nc(CCc4ccccc4)nn3CC2)no1. The molecule has 0 spiro atoms. The normalized spacial score (nSPS) is 14.2. The van der Waals surface area contributed by atoms with E-state index in [4.69, 9.17) is 9.51 Å². The Morgan fingerprint density at radius 1 is 1.14 bits per heavy atom. The minimum atomic E-state index is -0.0919. The fourth-order valence-electron chi connectivity index (χ4n) is 3.39. The number of amides is 1. The molecule has 0 saturated carbocycles. The number of carbonyl (C=O) groups is 1. The van der Waals surface area contributed by atoms with E-state index in [2.05, 4.69) is 34.5 Å². The van der Waals surface area contributed by atoms with Crippen LogP contribution in [0.1, 0.15) is 53.2 Å². The van der Waals surface area contributed by atoms with E-state index in [9.17, 15) is 4.79 Å². The second kappa shape index (κ2) is 7.96. The summed E-state index contributed by atoms with van der Waals surface area (Å²) in [6, 6.07) is 12.1. The maximum absolute atomic E-state index is 12.7. The zero-order valence-electron chi connectivity index (χ0n) is 16.3. The first-order valence-electron chi connectivity index (χ1n) is 9.82. The summed E-state index contributed by atoms with van der Waals surface area (Å²) in [4.78, 5) is 19.2. The van der Waals surface area contributed by atoms with Gasteiger partial charge in [0.15, 0.2) is 11.5 Å². The van der Waals surface area contributed by atoms with Gasteiger partial charge in [0.05, 0.1) is 6.54 Å². The Labute approximate surface area is 164 Å². The average molecular weight is 379 g/mol. The van der Waals surface area contributed by atoms with Crippen LogP contribution in [0.3, 0.4) is 0 Å². The summed E-state index contributed by atoms with van der Waals surface area (Å²) < 4.78 is 7.21. The lowest BCUT2D eigenvalue weighted by Gasteiger charge is -2.18. The van der Waals surface area contributed by atoms with Crippen LogP contribution in [0.5, 0.6) is 0 Å². The van der Waals surface area contributed by atoms with Gasteiger partial charge in [-0.15, -0.1) is 0 Å². The van der Waals surface area contributed by atoms with E-state index in [0.29, 0.717) is 31.7 Å². The van der Waals surface area contributed by atoms with Crippen molar-refractivity contribution in [3.8, 4) is 0 Å². The van der Waals surface area contributed by atoms with Crippen LogP contribution in [-0.2, 0) is 25.8 Å². The van der Waals surface area contributed by atoms with Crippen molar-refractivity contribution >= 4 is 5.91 Å². The van der Waals surface area contributed by atoms with E-state index in [1.807, 2.05) is 29.5 Å². The van der Waals surface area contributed by atoms with E-state index in [1.54, 1.807) is 6.07 Å². The fourth-order valence-corrected chi connectivity index (χ4v) is 3.39. The number of fused-ring (bicyclic) bond motifs is 1. The third-order valence-electron chi connectivity index (χ3n) is 5.06. The first kappa shape index (κ1) is 18.4. The number of benzene rings is 1. The molecule has 1 aliphatic rings. The van der Waals surface area contributed by atoms with Gasteiger partial charge in [-0.25, -0.2) is 9.67 Å². The number of carbonyl (C=O) groups excluding carboxylic acids is 1. The molecule has 0 N–H and O–H groups in total. The molecule has 7 nitrogen and oxygen atoms in total. The van der Waals surface area contributed by atoms with Crippen molar-refractivity contribution in [2.24, 2.45) is 0 Å². The summed E-state index contributed by atoms with van der Waals surface area (Å²) in [5, 5.41) is 8.60. The van der Waals surface area contributed by atoms with E-state index in [1.165, 1.54) is 5.56 Å². The van der Waals surface area contributed by atoms with Crippen molar-refractivity contribution < 1.29 is 9.32 Å². The summed E-state index contributed by atoms with van der Waals surface area (Å²) in [5.41, 5.74) is 1.66. The van der Waals surface area contributed by atoms with Gasteiger partial charge in [0, 0.05) is 37.9 Å². The zero-order chi connectivity index (χ0) is 19.5. The van der Waals surface area contributed by atoms with Crippen molar-refractivity contribution in [1.82, 2.24) is 24.8 Å². The van der Waals surface area contributed by atoms with Crippen molar-refractivity contribution in [2.75, 3.05) is 13.1 Å². The van der Waals surface area contributed by atoms with E-state index < -0.39 is 0 Å². The molecular weight excluding hydrogens is 354 g/mol. The lowest BCUT2D eigenvalue weighted by molar-refractivity contribution is 0.0747. The van der Waals surface area contributed by atoms with Gasteiger partial charge in [-0.1, -0.05) is 49.3 Å². The summed E-state index contributed by atoms with van der Waals surface area (Å²) in [6.07, 6.45) is 2.45. The number of aryl methyl sites for hydroxylation is 2. The Bertz CT molecular complexity index is 919. The van der Waals surface area contributed by atoms with Gasteiger partial charge < -0.3 is 9.42 Å². The minimum Gasteiger partial charge on any atom is -0.360 e. The van der Waals surface area contributed by atoms with E-state index in [0.717, 1.165) is 30.3 Å². The molecule has 0 aliphatic carbocycles. The van der Waals surface area contributed by atoms with Gasteiger partial charge in [0.25, 0.3) is 5.91 Å². The average Bonchev–Trinajstić information content (AvgIpc) is 3.30. The van der Waals surface area contributed by atoms with Gasteiger partial charge >= 0.3 is 0 Å². The predicted molar refractivity (Wildman–Crippen MR) is 104 cm³/mol. The second-order valence-corrected chi connectivity index (χ2v) is 7.46. The summed E-state index contributed by atoms with van der Waals surface area (Å²) >= 11 is 0. The maximum atomic E-state index is 12.7. The van der Waals surface area contributed by atoms with Crippen LogP contribution in [0.2, 0.25) is 0 Å². The molecule has 2 aromatic heterocycles. The highest BCUT2D eigenvalue weighted by Crippen LogP contribution is 2.17. The highest BCUT2D eigenvalue weighted by atomic mass is 16.5. The molecule has 0 fully saturated rings. The molecule has 4 rings (SSSR count). The topological polar surface area (TPSA) is 77.1 Å². The molecule has 0 unspecified atom stereocenters. The molecule has 7 heteroatoms. The third kappa shape index (κ3) is 3.98. The number of hydrogen-bond acceptors (Lipinski definition) is 5. The lowest BCUT2D eigenvalue weighted by Crippen LogP contribution is -2.34. The molecule has 1 aromatic carbocycles. The molecule has 0 bridgehead atoms. The van der Waals surface area contributed by atoms with Crippen molar-refractivity contribution in [3.63, 3.8) is 0 Å². The van der Waals surface area contributed by atoms with Crippen molar-refractivity contribution in [3.05, 3.63) is 65.1 Å². The van der Waals surface area contributed by atoms with Gasteiger partial charge in [0.2, 0.25) is 0 Å². The smallest absolute Gasteiger partial charge is 0.276 e. The van der Waals surface area contributed by atoms with E-state index >= 15 is 0 Å². The Kier molecular flexibility index (Phi) is 5.23. The monoisotopic (exact) mass is 379 g/mol. The summed E-state index contributed by atoms with van der Waals surface area (Å²) in [6.45, 7) is 5.88. The molecular formula is C21H25N5O2. The van der Waals surface area contributed by atoms with Crippen LogP contribution < -0.4 is 0 Å². The van der Waals surface area contributed by atoms with Crippen LogP contribution >= 0.6 is 0 Å².